The molecule has 36 heavy (non-hydrogen) atoms. The lowest BCUT2D eigenvalue weighted by atomic mass is 9.98. The molecule has 1 aliphatic rings. The van der Waals surface area contributed by atoms with Crippen LogP contribution in [0.25, 0.3) is 11.2 Å². The molecule has 2 aromatic heterocycles. The SMILES string of the molecule is CNc1nc(NC(=O)Cc2ccccc2)nc2c1ncn2[C@@H]1O[C@H](COC(O)C(C)C)[C@@H](O)[C@@]1(C)F. The number of nitrogens with one attached hydrogen (secondary N) is 2. The number of carbonyl (C=O) groups excluding carboxylic acids is 1. The zero-order valence-corrected chi connectivity index (χ0v) is 20.6. The molecule has 194 valence electrons. The molecule has 1 amide bonds. The van der Waals surface area contributed by atoms with Crippen molar-refractivity contribution in [2.45, 2.75) is 57.6 Å². The third-order valence-corrected chi connectivity index (χ3v) is 6.09. The van der Waals surface area contributed by atoms with E-state index in [1.165, 1.54) is 17.8 Å². The van der Waals surface area contributed by atoms with Gasteiger partial charge in [-0.2, -0.15) is 9.97 Å². The second-order valence-electron chi connectivity index (χ2n) is 9.27. The van der Waals surface area contributed by atoms with Crippen molar-refractivity contribution in [2.75, 3.05) is 24.3 Å². The number of hydrogen-bond acceptors (Lipinski definition) is 9. The summed E-state index contributed by atoms with van der Waals surface area (Å²) >= 11 is 0. The van der Waals surface area contributed by atoms with E-state index in [0.717, 1.165) is 5.56 Å². The highest BCUT2D eigenvalue weighted by Crippen LogP contribution is 2.43. The molecule has 1 saturated heterocycles. The Balaban J connectivity index is 1.60. The molecule has 0 saturated carbocycles. The Morgan fingerprint density at radius 2 is 2.03 bits per heavy atom. The predicted molar refractivity (Wildman–Crippen MR) is 130 cm³/mol. The van der Waals surface area contributed by atoms with Crippen molar-refractivity contribution in [1.82, 2.24) is 19.5 Å². The Morgan fingerprint density at radius 1 is 1.31 bits per heavy atom. The van der Waals surface area contributed by atoms with Crippen LogP contribution in [0.5, 0.6) is 0 Å². The Bertz CT molecular complexity index is 1200. The highest BCUT2D eigenvalue weighted by atomic mass is 19.1. The van der Waals surface area contributed by atoms with Gasteiger partial charge in [0.05, 0.1) is 19.4 Å². The Labute approximate surface area is 207 Å². The Kier molecular flexibility index (Phi) is 7.50. The number of imidazole rings is 1. The summed E-state index contributed by atoms with van der Waals surface area (Å²) in [6.45, 7) is 4.55. The standard InChI is InChI=1S/C24H31FN6O5/c1-13(2)21(34)35-11-15-18(33)24(3,25)22(36-15)31-12-27-17-19(26-4)29-23(30-20(17)31)28-16(32)10-14-8-6-5-7-9-14/h5-9,12-13,15,18,21-22,33-34H,10-11H2,1-4H3,(H2,26,28,29,30,32)/t15-,18-,21?,22-,24-/m1/s1. The molecule has 1 aromatic carbocycles. The molecule has 1 fully saturated rings. The minimum Gasteiger partial charge on any atom is -0.387 e. The third kappa shape index (κ3) is 5.16. The van der Waals surface area contributed by atoms with Crippen LogP contribution in [-0.2, 0) is 20.7 Å². The third-order valence-electron chi connectivity index (χ3n) is 6.09. The van der Waals surface area contributed by atoms with E-state index in [1.807, 2.05) is 30.3 Å². The summed E-state index contributed by atoms with van der Waals surface area (Å²) in [5.74, 6) is -0.167. The maximum atomic E-state index is 15.8. The van der Waals surface area contributed by atoms with Crippen molar-refractivity contribution in [3.05, 3.63) is 42.2 Å². The van der Waals surface area contributed by atoms with E-state index < -0.39 is 30.4 Å². The molecule has 4 N–H and O–H groups in total. The zero-order valence-electron chi connectivity index (χ0n) is 20.6. The van der Waals surface area contributed by atoms with E-state index in [1.54, 1.807) is 20.9 Å². The number of ether oxygens (including phenoxy) is 2. The van der Waals surface area contributed by atoms with Crippen LogP contribution in [0.3, 0.4) is 0 Å². The summed E-state index contributed by atoms with van der Waals surface area (Å²) < 4.78 is 28.3. The fraction of sp³-hybridized carbons (Fsp3) is 0.500. The van der Waals surface area contributed by atoms with Gasteiger partial charge in [-0.1, -0.05) is 44.2 Å². The number of aromatic nitrogens is 4. The maximum Gasteiger partial charge on any atom is 0.233 e. The van der Waals surface area contributed by atoms with Crippen LogP contribution in [0, 0.1) is 5.92 Å². The number of rotatable bonds is 9. The quantitative estimate of drug-likeness (QED) is 0.323. The molecule has 4 rings (SSSR count). The van der Waals surface area contributed by atoms with Crippen LogP contribution in [0.1, 0.15) is 32.6 Å². The van der Waals surface area contributed by atoms with Gasteiger partial charge in [0, 0.05) is 13.0 Å². The van der Waals surface area contributed by atoms with Crippen LogP contribution >= 0.6 is 0 Å². The van der Waals surface area contributed by atoms with Crippen molar-refractivity contribution in [1.29, 1.82) is 0 Å². The van der Waals surface area contributed by atoms with E-state index in [2.05, 4.69) is 25.6 Å². The lowest BCUT2D eigenvalue weighted by Crippen LogP contribution is -2.41. The molecule has 12 heteroatoms. The Hall–Kier alpha value is -3.19. The summed E-state index contributed by atoms with van der Waals surface area (Å²) in [4.78, 5) is 25.6. The van der Waals surface area contributed by atoms with Gasteiger partial charge in [-0.05, 0) is 12.5 Å². The van der Waals surface area contributed by atoms with Gasteiger partial charge in [-0.15, -0.1) is 0 Å². The molecule has 0 spiro atoms. The van der Waals surface area contributed by atoms with Crippen LogP contribution in [0.15, 0.2) is 36.7 Å². The fourth-order valence-corrected chi connectivity index (χ4v) is 4.00. The van der Waals surface area contributed by atoms with E-state index in [9.17, 15) is 15.0 Å². The number of amides is 1. The van der Waals surface area contributed by atoms with E-state index in [4.69, 9.17) is 9.47 Å². The van der Waals surface area contributed by atoms with Crippen molar-refractivity contribution in [3.8, 4) is 0 Å². The van der Waals surface area contributed by atoms with Crippen molar-refractivity contribution in [3.63, 3.8) is 0 Å². The normalized spacial score (nSPS) is 24.8. The first-order valence-corrected chi connectivity index (χ1v) is 11.7. The fourth-order valence-electron chi connectivity index (χ4n) is 4.00. The average Bonchev–Trinajstić information content (AvgIpc) is 3.35. The number of hydrogen-bond donors (Lipinski definition) is 4. The van der Waals surface area contributed by atoms with Gasteiger partial charge >= 0.3 is 0 Å². The highest BCUT2D eigenvalue weighted by Gasteiger charge is 2.55. The number of alkyl halides is 1. The number of aliphatic hydroxyl groups is 2. The monoisotopic (exact) mass is 502 g/mol. The largest absolute Gasteiger partial charge is 0.387 e. The Morgan fingerprint density at radius 3 is 2.69 bits per heavy atom. The van der Waals surface area contributed by atoms with Gasteiger partial charge in [-0.25, -0.2) is 9.37 Å². The number of nitrogens with zero attached hydrogens (tertiary/aromatic N) is 4. The first-order valence-electron chi connectivity index (χ1n) is 11.7. The van der Waals surface area contributed by atoms with Gasteiger partial charge < -0.3 is 25.0 Å². The minimum atomic E-state index is -2.23. The molecule has 0 aliphatic carbocycles. The smallest absolute Gasteiger partial charge is 0.233 e. The van der Waals surface area contributed by atoms with Crippen LogP contribution in [0.2, 0.25) is 0 Å². The number of anilines is 2. The van der Waals surface area contributed by atoms with E-state index in [-0.39, 0.29) is 36.4 Å². The minimum absolute atomic E-state index is 0.00794. The molecule has 11 nitrogen and oxygen atoms in total. The summed E-state index contributed by atoms with van der Waals surface area (Å²) in [6.07, 6.45) is -3.47. The predicted octanol–water partition coefficient (Wildman–Crippen LogP) is 2.03. The number of fused-ring (bicyclic) bond motifs is 1. The first-order chi connectivity index (χ1) is 17.1. The lowest BCUT2D eigenvalue weighted by molar-refractivity contribution is -0.160. The summed E-state index contributed by atoms with van der Waals surface area (Å²) in [6, 6.07) is 9.22. The van der Waals surface area contributed by atoms with Crippen LogP contribution < -0.4 is 10.6 Å². The van der Waals surface area contributed by atoms with Gasteiger partial charge in [0.15, 0.2) is 35.2 Å². The van der Waals surface area contributed by atoms with Gasteiger partial charge in [-0.3, -0.25) is 14.7 Å². The van der Waals surface area contributed by atoms with E-state index >= 15 is 4.39 Å². The number of carbonyl (C=O) groups is 1. The van der Waals surface area contributed by atoms with Crippen LogP contribution in [0.4, 0.5) is 16.2 Å². The summed E-state index contributed by atoms with van der Waals surface area (Å²) in [7, 11) is 1.64. The summed E-state index contributed by atoms with van der Waals surface area (Å²) in [5.41, 5.74) is -0.865. The molecule has 1 aliphatic heterocycles. The molecular formula is C24H31FN6O5. The van der Waals surface area contributed by atoms with Gasteiger partial charge in [0.2, 0.25) is 11.9 Å². The number of halogens is 1. The molecule has 0 bridgehead atoms. The average molecular weight is 503 g/mol. The molecule has 3 aromatic rings. The van der Waals surface area contributed by atoms with E-state index in [0.29, 0.717) is 11.3 Å². The summed E-state index contributed by atoms with van der Waals surface area (Å²) in [5, 5.41) is 26.1. The molecule has 0 radical (unpaired) electrons. The topological polar surface area (TPSA) is 144 Å². The first kappa shape index (κ1) is 25.9. The highest BCUT2D eigenvalue weighted by molar-refractivity contribution is 5.92. The van der Waals surface area contributed by atoms with Gasteiger partial charge in [0.25, 0.3) is 0 Å². The molecule has 3 heterocycles. The van der Waals surface area contributed by atoms with Crippen molar-refractivity contribution < 1.29 is 28.9 Å². The molecule has 1 unspecified atom stereocenters. The molecular weight excluding hydrogens is 471 g/mol. The maximum absolute atomic E-state index is 15.8. The number of aliphatic hydroxyl groups excluding tert-OH is 2. The van der Waals surface area contributed by atoms with Gasteiger partial charge in [0.1, 0.15) is 12.2 Å². The van der Waals surface area contributed by atoms with Crippen LogP contribution in [-0.4, -0.2) is 73.5 Å². The second kappa shape index (κ2) is 10.4. The number of benzene rings is 1. The van der Waals surface area contributed by atoms with Crippen molar-refractivity contribution >= 4 is 28.8 Å². The van der Waals surface area contributed by atoms with Crippen molar-refractivity contribution in [2.24, 2.45) is 5.92 Å². The zero-order chi connectivity index (χ0) is 26.0. The lowest BCUT2D eigenvalue weighted by Gasteiger charge is -2.24. The molecule has 5 atom stereocenters. The second-order valence-corrected chi connectivity index (χ2v) is 9.27.